The number of carbonyl (C=O) groups is 2. The topological polar surface area (TPSA) is 59.1 Å². The van der Waals surface area contributed by atoms with Crippen LogP contribution in [0.1, 0.15) is 17.2 Å². The molecule has 2 saturated heterocycles. The van der Waals surface area contributed by atoms with E-state index < -0.39 is 18.1 Å². The Bertz CT molecular complexity index is 1150. The van der Waals surface area contributed by atoms with Crippen molar-refractivity contribution < 1.29 is 19.2 Å². The summed E-state index contributed by atoms with van der Waals surface area (Å²) in [5.74, 6) is -0.662. The number of benzene rings is 3. The van der Waals surface area contributed by atoms with E-state index in [4.69, 9.17) is 9.57 Å². The van der Waals surface area contributed by atoms with Gasteiger partial charge in [-0.05, 0) is 42.8 Å². The molecule has 0 unspecified atom stereocenters. The highest BCUT2D eigenvalue weighted by molar-refractivity contribution is 6.24. The molecular weight excluding hydrogens is 392 g/mol. The van der Waals surface area contributed by atoms with E-state index in [0.29, 0.717) is 11.4 Å². The zero-order valence-corrected chi connectivity index (χ0v) is 17.3. The highest BCUT2D eigenvalue weighted by atomic mass is 16.7. The normalized spacial score (nSPS) is 22.7. The summed E-state index contributed by atoms with van der Waals surface area (Å²) < 4.78 is 5.59. The molecule has 2 aliphatic rings. The summed E-state index contributed by atoms with van der Waals surface area (Å²) in [6.07, 6.45) is -0.900. The third-order valence-corrected chi connectivity index (χ3v) is 5.84. The van der Waals surface area contributed by atoms with Crippen LogP contribution in [-0.4, -0.2) is 25.0 Å². The van der Waals surface area contributed by atoms with Crippen LogP contribution in [0.5, 0.6) is 5.75 Å². The molecule has 0 radical (unpaired) electrons. The number of fused-ring (bicyclic) bond motifs is 1. The lowest BCUT2D eigenvalue weighted by molar-refractivity contribution is -0.126. The summed E-state index contributed by atoms with van der Waals surface area (Å²) in [5.41, 5.74) is 3.12. The molecule has 0 saturated carbocycles. The molecule has 2 heterocycles. The Kier molecular flexibility index (Phi) is 4.71. The standard InChI is InChI=1S/C25H22N2O4/c1-16-9-8-12-18(15-16)26-24(28)21-22(19-13-6-7-14-20(19)30-2)27(31-23(21)25(26)29)17-10-4-3-5-11-17/h3-15,21-23H,1-2H3/t21-,22-,23+/m1/s1. The second-order valence-electron chi connectivity index (χ2n) is 7.75. The van der Waals surface area contributed by atoms with Gasteiger partial charge >= 0.3 is 0 Å². The Labute approximate surface area is 180 Å². The molecule has 0 spiro atoms. The molecular formula is C25H22N2O4. The van der Waals surface area contributed by atoms with E-state index in [2.05, 4.69) is 0 Å². The smallest absolute Gasteiger partial charge is 0.266 e. The molecule has 0 bridgehead atoms. The van der Waals surface area contributed by atoms with Crippen LogP contribution in [0.15, 0.2) is 78.9 Å². The van der Waals surface area contributed by atoms with Crippen molar-refractivity contribution in [3.05, 3.63) is 90.0 Å². The fourth-order valence-corrected chi connectivity index (χ4v) is 4.46. The fourth-order valence-electron chi connectivity index (χ4n) is 4.46. The van der Waals surface area contributed by atoms with E-state index >= 15 is 0 Å². The average Bonchev–Trinajstić information content (AvgIpc) is 3.30. The number of ether oxygens (including phenoxy) is 1. The number of nitrogens with zero attached hydrogens (tertiary/aromatic N) is 2. The van der Waals surface area contributed by atoms with Crippen LogP contribution in [0.3, 0.4) is 0 Å². The molecule has 0 aromatic heterocycles. The van der Waals surface area contributed by atoms with Crippen LogP contribution >= 0.6 is 0 Å². The minimum atomic E-state index is -0.900. The summed E-state index contributed by atoms with van der Waals surface area (Å²) in [4.78, 5) is 34.4. The van der Waals surface area contributed by atoms with E-state index in [1.54, 1.807) is 18.2 Å². The number of aryl methyl sites for hydroxylation is 1. The van der Waals surface area contributed by atoms with Crippen LogP contribution in [0.2, 0.25) is 0 Å². The van der Waals surface area contributed by atoms with Crippen molar-refractivity contribution in [1.29, 1.82) is 0 Å². The highest BCUT2D eigenvalue weighted by Gasteiger charge is 2.60. The Morgan fingerprint density at radius 3 is 2.29 bits per heavy atom. The number of hydrogen-bond acceptors (Lipinski definition) is 5. The number of amides is 2. The number of imide groups is 1. The number of rotatable bonds is 4. The molecule has 6 nitrogen and oxygen atoms in total. The SMILES string of the molecule is COc1ccccc1[C@@H]1[C@H]2C(=O)N(c3cccc(C)c3)C(=O)[C@H]2ON1c1ccccc1. The Morgan fingerprint density at radius 1 is 0.839 bits per heavy atom. The van der Waals surface area contributed by atoms with Crippen molar-refractivity contribution in [2.45, 2.75) is 19.1 Å². The van der Waals surface area contributed by atoms with Crippen LogP contribution in [0, 0.1) is 12.8 Å². The molecule has 2 aliphatic heterocycles. The van der Waals surface area contributed by atoms with E-state index in [1.165, 1.54) is 4.90 Å². The Morgan fingerprint density at radius 2 is 1.55 bits per heavy atom. The number of hydrogen-bond donors (Lipinski definition) is 0. The van der Waals surface area contributed by atoms with Crippen LogP contribution in [-0.2, 0) is 14.4 Å². The average molecular weight is 414 g/mol. The second kappa shape index (κ2) is 7.56. The van der Waals surface area contributed by atoms with Crippen molar-refractivity contribution in [1.82, 2.24) is 0 Å². The van der Waals surface area contributed by atoms with Crippen molar-refractivity contribution in [3.8, 4) is 5.75 Å². The lowest BCUT2D eigenvalue weighted by atomic mass is 9.90. The summed E-state index contributed by atoms with van der Waals surface area (Å²) in [6, 6.07) is 23.9. The monoisotopic (exact) mass is 414 g/mol. The van der Waals surface area contributed by atoms with Crippen molar-refractivity contribution in [2.24, 2.45) is 5.92 Å². The van der Waals surface area contributed by atoms with Crippen molar-refractivity contribution >= 4 is 23.2 Å². The molecule has 3 aromatic carbocycles. The highest BCUT2D eigenvalue weighted by Crippen LogP contribution is 2.49. The molecule has 3 aromatic rings. The van der Waals surface area contributed by atoms with Crippen molar-refractivity contribution in [3.63, 3.8) is 0 Å². The molecule has 2 fully saturated rings. The molecule has 5 rings (SSSR count). The van der Waals surface area contributed by atoms with Gasteiger partial charge in [-0.25, -0.2) is 9.96 Å². The predicted molar refractivity (Wildman–Crippen MR) is 117 cm³/mol. The van der Waals surface area contributed by atoms with Gasteiger partial charge in [0.25, 0.3) is 5.91 Å². The number of anilines is 2. The van der Waals surface area contributed by atoms with Gasteiger partial charge in [0.05, 0.1) is 24.5 Å². The first-order chi connectivity index (χ1) is 15.1. The Hall–Kier alpha value is -3.64. The largest absolute Gasteiger partial charge is 0.496 e. The van der Waals surface area contributed by atoms with Crippen LogP contribution in [0.25, 0.3) is 0 Å². The van der Waals surface area contributed by atoms with Gasteiger partial charge in [-0.1, -0.05) is 48.5 Å². The second-order valence-corrected chi connectivity index (χ2v) is 7.75. The summed E-state index contributed by atoms with van der Waals surface area (Å²) in [5, 5.41) is 1.68. The minimum absolute atomic E-state index is 0.269. The zero-order valence-electron chi connectivity index (χ0n) is 17.3. The van der Waals surface area contributed by atoms with Crippen LogP contribution < -0.4 is 14.7 Å². The molecule has 0 N–H and O–H groups in total. The van der Waals surface area contributed by atoms with Gasteiger partial charge in [0.15, 0.2) is 6.10 Å². The third kappa shape index (κ3) is 3.07. The number of carbonyl (C=O) groups excluding carboxylic acids is 2. The minimum Gasteiger partial charge on any atom is -0.496 e. The first-order valence-electron chi connectivity index (χ1n) is 10.2. The maximum atomic E-state index is 13.6. The molecule has 0 aliphatic carbocycles. The Balaban J connectivity index is 1.62. The fraction of sp³-hybridized carbons (Fsp3) is 0.200. The van der Waals surface area contributed by atoms with Crippen molar-refractivity contribution in [2.75, 3.05) is 17.1 Å². The lowest BCUT2D eigenvalue weighted by Gasteiger charge is -2.29. The lowest BCUT2D eigenvalue weighted by Crippen LogP contribution is -2.37. The number of hydroxylamine groups is 1. The molecule has 2 amide bonds. The first-order valence-corrected chi connectivity index (χ1v) is 10.2. The molecule has 156 valence electrons. The van der Waals surface area contributed by atoms with Gasteiger partial charge in [0.1, 0.15) is 11.7 Å². The number of methoxy groups -OCH3 is 1. The summed E-state index contributed by atoms with van der Waals surface area (Å²) in [6.45, 7) is 1.93. The van der Waals surface area contributed by atoms with E-state index in [-0.39, 0.29) is 11.8 Å². The van der Waals surface area contributed by atoms with Gasteiger partial charge in [-0.3, -0.25) is 14.4 Å². The van der Waals surface area contributed by atoms with Crippen LogP contribution in [0.4, 0.5) is 11.4 Å². The van der Waals surface area contributed by atoms with Gasteiger partial charge < -0.3 is 4.74 Å². The summed E-state index contributed by atoms with van der Waals surface area (Å²) in [7, 11) is 1.60. The molecule has 31 heavy (non-hydrogen) atoms. The van der Waals surface area contributed by atoms with E-state index in [1.807, 2.05) is 79.7 Å². The van der Waals surface area contributed by atoms with Gasteiger partial charge in [-0.15, -0.1) is 0 Å². The predicted octanol–water partition coefficient (Wildman–Crippen LogP) is 4.05. The summed E-state index contributed by atoms with van der Waals surface area (Å²) >= 11 is 0. The van der Waals surface area contributed by atoms with Gasteiger partial charge in [-0.2, -0.15) is 0 Å². The van der Waals surface area contributed by atoms with E-state index in [9.17, 15) is 9.59 Å². The maximum absolute atomic E-state index is 13.6. The quantitative estimate of drug-likeness (QED) is 0.603. The maximum Gasteiger partial charge on any atom is 0.266 e. The third-order valence-electron chi connectivity index (χ3n) is 5.84. The van der Waals surface area contributed by atoms with Gasteiger partial charge in [0.2, 0.25) is 5.91 Å². The van der Waals surface area contributed by atoms with Gasteiger partial charge in [0, 0.05) is 5.56 Å². The first kappa shape index (κ1) is 19.3. The van der Waals surface area contributed by atoms with E-state index in [0.717, 1.165) is 16.8 Å². The molecule has 3 atom stereocenters. The zero-order chi connectivity index (χ0) is 21.5. The number of para-hydroxylation sites is 2. The molecule has 6 heteroatoms.